The average molecular weight is 362 g/mol. The van der Waals surface area contributed by atoms with E-state index >= 15 is 0 Å². The van der Waals surface area contributed by atoms with Gasteiger partial charge in [-0.2, -0.15) is 13.2 Å². The summed E-state index contributed by atoms with van der Waals surface area (Å²) in [4.78, 5) is 14.1. The van der Waals surface area contributed by atoms with Crippen LogP contribution < -0.4 is 4.72 Å². The zero-order valence-electron chi connectivity index (χ0n) is 12.9. The molecule has 24 heavy (non-hydrogen) atoms. The van der Waals surface area contributed by atoms with E-state index in [1.54, 1.807) is 4.90 Å². The van der Waals surface area contributed by atoms with Crippen LogP contribution in [0.5, 0.6) is 0 Å². The molecule has 0 radical (unpaired) electrons. The van der Waals surface area contributed by atoms with Crippen LogP contribution in [-0.2, 0) is 16.2 Å². The molecule has 1 saturated carbocycles. The first-order valence-electron chi connectivity index (χ1n) is 7.50. The third-order valence-electron chi connectivity index (χ3n) is 4.63. The molecule has 1 amide bonds. The van der Waals surface area contributed by atoms with Gasteiger partial charge < -0.3 is 4.90 Å². The summed E-state index contributed by atoms with van der Waals surface area (Å²) in [5, 5.41) is 0. The third-order valence-corrected chi connectivity index (χ3v) is 5.36. The molecule has 1 aliphatic carbocycles. The highest BCUT2D eigenvalue weighted by Gasteiger charge is 2.47. The number of carbonyl (C=O) groups is 1. The van der Waals surface area contributed by atoms with Crippen LogP contribution in [0.4, 0.5) is 13.2 Å². The van der Waals surface area contributed by atoms with E-state index in [9.17, 15) is 26.4 Å². The van der Waals surface area contributed by atoms with Crippen LogP contribution in [0.25, 0.3) is 0 Å². The summed E-state index contributed by atoms with van der Waals surface area (Å²) >= 11 is 0. The lowest BCUT2D eigenvalue weighted by Gasteiger charge is -2.31. The third kappa shape index (κ3) is 3.41. The van der Waals surface area contributed by atoms with Crippen molar-refractivity contribution in [3.05, 3.63) is 35.4 Å². The van der Waals surface area contributed by atoms with Gasteiger partial charge in [-0.3, -0.25) is 4.79 Å². The molecule has 0 aromatic heterocycles. The van der Waals surface area contributed by atoms with Gasteiger partial charge in [0.15, 0.2) is 0 Å². The van der Waals surface area contributed by atoms with E-state index in [1.165, 1.54) is 12.1 Å². The van der Waals surface area contributed by atoms with E-state index in [2.05, 4.69) is 4.72 Å². The summed E-state index contributed by atoms with van der Waals surface area (Å²) < 4.78 is 63.0. The molecule has 2 aliphatic rings. The molecule has 3 atom stereocenters. The molecule has 9 heteroatoms. The lowest BCUT2D eigenvalue weighted by Crippen LogP contribution is -2.47. The van der Waals surface area contributed by atoms with Crippen molar-refractivity contribution in [1.29, 1.82) is 0 Å². The number of amides is 1. The molecule has 5 nitrogen and oxygen atoms in total. The van der Waals surface area contributed by atoms with E-state index < -0.39 is 21.8 Å². The number of alkyl halides is 3. The first-order valence-corrected chi connectivity index (χ1v) is 9.39. The number of piperidine rings is 1. The van der Waals surface area contributed by atoms with Crippen molar-refractivity contribution >= 4 is 15.9 Å². The smallest absolute Gasteiger partial charge is 0.335 e. The number of nitrogens with one attached hydrogen (secondary N) is 1. The molecular weight excluding hydrogens is 345 g/mol. The fraction of sp³-hybridized carbons (Fsp3) is 0.533. The molecule has 1 saturated heterocycles. The number of halogens is 3. The molecule has 2 bridgehead atoms. The van der Waals surface area contributed by atoms with Crippen LogP contribution in [0.2, 0.25) is 0 Å². The van der Waals surface area contributed by atoms with Crippen LogP contribution in [0.1, 0.15) is 28.8 Å². The summed E-state index contributed by atoms with van der Waals surface area (Å²) in [5.41, 5.74) is -0.581. The molecule has 3 rings (SSSR count). The first kappa shape index (κ1) is 17.2. The number of nitrogens with zero attached hydrogens (tertiary/aromatic N) is 1. The molecule has 3 unspecified atom stereocenters. The largest absolute Gasteiger partial charge is 0.416 e. The lowest BCUT2D eigenvalue weighted by molar-refractivity contribution is -0.137. The second kappa shape index (κ2) is 5.73. The number of fused-ring (bicyclic) bond motifs is 2. The zero-order valence-corrected chi connectivity index (χ0v) is 13.7. The Morgan fingerprint density at radius 2 is 1.83 bits per heavy atom. The molecule has 1 aromatic rings. The molecular formula is C15H17F3N2O3S. The fourth-order valence-electron chi connectivity index (χ4n) is 3.59. The molecule has 132 valence electrons. The van der Waals surface area contributed by atoms with E-state index in [-0.39, 0.29) is 29.5 Å². The molecule has 0 spiro atoms. The van der Waals surface area contributed by atoms with Gasteiger partial charge in [0.2, 0.25) is 10.0 Å². The van der Waals surface area contributed by atoms with Gasteiger partial charge in [0.25, 0.3) is 5.91 Å². The van der Waals surface area contributed by atoms with Crippen molar-refractivity contribution in [2.75, 3.05) is 12.8 Å². The maximum atomic E-state index is 12.6. The van der Waals surface area contributed by atoms with Crippen molar-refractivity contribution < 1.29 is 26.4 Å². The Morgan fingerprint density at radius 1 is 1.21 bits per heavy atom. The van der Waals surface area contributed by atoms with E-state index in [0.717, 1.165) is 18.4 Å². The highest BCUT2D eigenvalue weighted by Crippen LogP contribution is 2.39. The highest BCUT2D eigenvalue weighted by atomic mass is 32.2. The van der Waals surface area contributed by atoms with Gasteiger partial charge in [0.1, 0.15) is 0 Å². The number of rotatable bonds is 3. The summed E-state index contributed by atoms with van der Waals surface area (Å²) in [6, 6.07) is 3.91. The number of hydrogen-bond donors (Lipinski definition) is 1. The van der Waals surface area contributed by atoms with Gasteiger partial charge in [-0.15, -0.1) is 0 Å². The fourth-order valence-corrected chi connectivity index (χ4v) is 4.43. The standard InChI is InChI=1S/C15H17F3N2O3S/c1-24(22,23)19-13-7-12-6-10(13)8-20(12)14(21)9-2-4-11(5-3-9)15(16,17)18/h2-5,10,12-13,19H,6-8H2,1H3. The minimum absolute atomic E-state index is 0.0446. The summed E-state index contributed by atoms with van der Waals surface area (Å²) in [5.74, 6) is -0.267. The normalized spacial score (nSPS) is 26.8. The van der Waals surface area contributed by atoms with Gasteiger partial charge in [-0.25, -0.2) is 13.1 Å². The Bertz CT molecular complexity index is 746. The van der Waals surface area contributed by atoms with Crippen LogP contribution in [0.15, 0.2) is 24.3 Å². The number of benzene rings is 1. The molecule has 2 fully saturated rings. The summed E-state index contributed by atoms with van der Waals surface area (Å²) in [6.45, 7) is 0.414. The Hall–Kier alpha value is -1.61. The highest BCUT2D eigenvalue weighted by molar-refractivity contribution is 7.88. The van der Waals surface area contributed by atoms with Crippen molar-refractivity contribution in [3.8, 4) is 0 Å². The monoisotopic (exact) mass is 362 g/mol. The second-order valence-electron chi connectivity index (χ2n) is 6.41. The summed E-state index contributed by atoms with van der Waals surface area (Å²) in [7, 11) is -3.30. The predicted molar refractivity (Wildman–Crippen MR) is 80.8 cm³/mol. The topological polar surface area (TPSA) is 66.5 Å². The van der Waals surface area contributed by atoms with Crippen LogP contribution in [0, 0.1) is 5.92 Å². The van der Waals surface area contributed by atoms with Crippen molar-refractivity contribution in [1.82, 2.24) is 9.62 Å². The quantitative estimate of drug-likeness (QED) is 0.893. The Kier molecular flexibility index (Phi) is 4.11. The molecule has 1 aliphatic heterocycles. The van der Waals surface area contributed by atoms with Gasteiger partial charge in [0.05, 0.1) is 11.8 Å². The maximum absolute atomic E-state index is 12.6. The zero-order chi connectivity index (χ0) is 17.7. The number of likely N-dealkylation sites (tertiary alicyclic amines) is 1. The van der Waals surface area contributed by atoms with Crippen molar-refractivity contribution in [2.24, 2.45) is 5.92 Å². The van der Waals surface area contributed by atoms with Crippen molar-refractivity contribution in [3.63, 3.8) is 0 Å². The van der Waals surface area contributed by atoms with Crippen LogP contribution >= 0.6 is 0 Å². The molecule has 1 aromatic carbocycles. The minimum atomic E-state index is -4.43. The number of hydrogen-bond acceptors (Lipinski definition) is 3. The predicted octanol–water partition coefficient (Wildman–Crippen LogP) is 1.86. The van der Waals surface area contributed by atoms with Gasteiger partial charge in [0, 0.05) is 24.2 Å². The van der Waals surface area contributed by atoms with E-state index in [0.29, 0.717) is 19.4 Å². The van der Waals surface area contributed by atoms with Crippen LogP contribution in [-0.4, -0.2) is 44.1 Å². The Morgan fingerprint density at radius 3 is 2.29 bits per heavy atom. The molecule has 1 N–H and O–H groups in total. The van der Waals surface area contributed by atoms with Crippen molar-refractivity contribution in [2.45, 2.75) is 31.1 Å². The van der Waals surface area contributed by atoms with Gasteiger partial charge >= 0.3 is 6.18 Å². The second-order valence-corrected chi connectivity index (χ2v) is 8.19. The minimum Gasteiger partial charge on any atom is -0.335 e. The molecule has 1 heterocycles. The van der Waals surface area contributed by atoms with Crippen LogP contribution in [0.3, 0.4) is 0 Å². The Balaban J connectivity index is 1.68. The van der Waals surface area contributed by atoms with Gasteiger partial charge in [-0.1, -0.05) is 0 Å². The summed E-state index contributed by atoms with van der Waals surface area (Å²) in [6.07, 6.45) is -2.09. The number of carbonyl (C=O) groups excluding carboxylic acids is 1. The SMILES string of the molecule is CS(=O)(=O)NC1CC2CC1CN2C(=O)c1ccc(C(F)(F)F)cc1. The Labute approximate surface area is 137 Å². The lowest BCUT2D eigenvalue weighted by atomic mass is 10.0. The van der Waals surface area contributed by atoms with Gasteiger partial charge in [-0.05, 0) is 43.0 Å². The van der Waals surface area contributed by atoms with E-state index in [1.807, 2.05) is 0 Å². The average Bonchev–Trinajstić information content (AvgIpc) is 3.03. The maximum Gasteiger partial charge on any atom is 0.416 e. The first-order chi connectivity index (χ1) is 11.0. The number of sulfonamides is 1. The van der Waals surface area contributed by atoms with E-state index in [4.69, 9.17) is 0 Å².